The van der Waals surface area contributed by atoms with Gasteiger partial charge in [0.05, 0.1) is 11.6 Å². The van der Waals surface area contributed by atoms with Gasteiger partial charge in [0, 0.05) is 21.9 Å². The van der Waals surface area contributed by atoms with Crippen LogP contribution in [-0.2, 0) is 4.79 Å². The Balaban J connectivity index is 2.52. The molecule has 2 rings (SSSR count). The Bertz CT molecular complexity index is 620. The van der Waals surface area contributed by atoms with Crippen molar-refractivity contribution in [3.63, 3.8) is 0 Å². The molecule has 0 amide bonds. The van der Waals surface area contributed by atoms with Gasteiger partial charge in [-0.3, -0.25) is 4.79 Å². The summed E-state index contributed by atoms with van der Waals surface area (Å²) in [6.07, 6.45) is 1.69. The molecule has 1 atom stereocenters. The molecule has 1 N–H and O–H groups in total. The first-order valence-electron chi connectivity index (χ1n) is 5.82. The highest BCUT2D eigenvalue weighted by Gasteiger charge is 2.23. The van der Waals surface area contributed by atoms with E-state index < -0.39 is 11.9 Å². The maximum atomic E-state index is 11.1. The molecule has 0 saturated heterocycles. The minimum atomic E-state index is -0.852. The topological polar surface area (TPSA) is 68.0 Å². The summed E-state index contributed by atoms with van der Waals surface area (Å²) in [5, 5.41) is 13.5. The molecular weight excluding hydrogens is 310 g/mol. The van der Waals surface area contributed by atoms with Crippen molar-refractivity contribution < 1.29 is 9.90 Å². The molecule has 0 aliphatic heterocycles. The molecule has 0 radical (unpaired) electrons. The van der Waals surface area contributed by atoms with E-state index in [1.807, 2.05) is 26.0 Å². The number of aliphatic carboxylic acids is 1. The Morgan fingerprint density at radius 3 is 2.63 bits per heavy atom. The Hall–Kier alpha value is -1.69. The lowest BCUT2D eigenvalue weighted by molar-refractivity contribution is -0.138. The molecule has 2 aromatic rings. The van der Waals surface area contributed by atoms with E-state index in [4.69, 9.17) is 5.11 Å². The fourth-order valence-corrected chi connectivity index (χ4v) is 2.36. The molecular formula is C13H14BrN3O2. The van der Waals surface area contributed by atoms with Crippen molar-refractivity contribution in [3.05, 3.63) is 39.8 Å². The van der Waals surface area contributed by atoms with Crippen LogP contribution in [0.2, 0.25) is 0 Å². The maximum Gasteiger partial charge on any atom is 0.310 e. The number of pyridine rings is 1. The van der Waals surface area contributed by atoms with Crippen LogP contribution in [0.3, 0.4) is 0 Å². The smallest absolute Gasteiger partial charge is 0.310 e. The second-order valence-corrected chi connectivity index (χ2v) is 5.31. The van der Waals surface area contributed by atoms with Gasteiger partial charge in [0.25, 0.3) is 0 Å². The molecule has 0 aliphatic rings. The molecule has 0 spiro atoms. The van der Waals surface area contributed by atoms with E-state index >= 15 is 0 Å². The first-order valence-corrected chi connectivity index (χ1v) is 6.62. The van der Waals surface area contributed by atoms with Gasteiger partial charge in [0.2, 0.25) is 0 Å². The van der Waals surface area contributed by atoms with Crippen molar-refractivity contribution in [1.82, 2.24) is 14.8 Å². The SMILES string of the molecule is Cc1nn(-c2ccc(Br)cn2)c(C)c1C(C)C(=O)O. The highest BCUT2D eigenvalue weighted by molar-refractivity contribution is 9.10. The van der Waals surface area contributed by atoms with E-state index in [1.54, 1.807) is 17.8 Å². The number of rotatable bonds is 3. The van der Waals surface area contributed by atoms with Crippen LogP contribution in [0.25, 0.3) is 5.82 Å². The van der Waals surface area contributed by atoms with Crippen LogP contribution in [0.5, 0.6) is 0 Å². The standard InChI is InChI=1S/C13H14BrN3O2/c1-7(13(18)19)12-8(2)16-17(9(12)3)11-5-4-10(14)6-15-11/h4-7H,1-3H3,(H,18,19). The first kappa shape index (κ1) is 13.7. The number of carboxylic acids is 1. The van der Waals surface area contributed by atoms with Gasteiger partial charge >= 0.3 is 5.97 Å². The lowest BCUT2D eigenvalue weighted by atomic mass is 9.99. The molecule has 0 saturated carbocycles. The maximum absolute atomic E-state index is 11.1. The summed E-state index contributed by atoms with van der Waals surface area (Å²) in [4.78, 5) is 15.4. The number of aryl methyl sites for hydroxylation is 1. The van der Waals surface area contributed by atoms with E-state index in [9.17, 15) is 4.79 Å². The third-order valence-corrected chi connectivity index (χ3v) is 3.55. The van der Waals surface area contributed by atoms with Crippen molar-refractivity contribution in [3.8, 4) is 5.82 Å². The molecule has 0 aromatic carbocycles. The van der Waals surface area contributed by atoms with Crippen molar-refractivity contribution >= 4 is 21.9 Å². The summed E-state index contributed by atoms with van der Waals surface area (Å²) in [6, 6.07) is 3.71. The zero-order chi connectivity index (χ0) is 14.2. The number of hydrogen-bond acceptors (Lipinski definition) is 3. The van der Waals surface area contributed by atoms with Crippen LogP contribution < -0.4 is 0 Å². The average Bonchev–Trinajstić information content (AvgIpc) is 2.65. The molecule has 5 nitrogen and oxygen atoms in total. The zero-order valence-electron chi connectivity index (χ0n) is 10.9. The number of halogens is 1. The van der Waals surface area contributed by atoms with Gasteiger partial charge in [-0.1, -0.05) is 0 Å². The summed E-state index contributed by atoms with van der Waals surface area (Å²) in [6.45, 7) is 5.34. The van der Waals surface area contributed by atoms with Crippen molar-refractivity contribution in [2.24, 2.45) is 0 Å². The lowest BCUT2D eigenvalue weighted by Gasteiger charge is -2.07. The predicted octanol–water partition coefficient (Wildman–Crippen LogP) is 2.83. The van der Waals surface area contributed by atoms with Crippen molar-refractivity contribution in [2.45, 2.75) is 26.7 Å². The zero-order valence-corrected chi connectivity index (χ0v) is 12.5. The van der Waals surface area contributed by atoms with Gasteiger partial charge in [0.1, 0.15) is 0 Å². The molecule has 100 valence electrons. The van der Waals surface area contributed by atoms with Gasteiger partial charge in [-0.15, -0.1) is 0 Å². The van der Waals surface area contributed by atoms with Gasteiger partial charge in [-0.25, -0.2) is 9.67 Å². The third-order valence-electron chi connectivity index (χ3n) is 3.08. The number of carbonyl (C=O) groups is 1. The Kier molecular flexibility index (Phi) is 3.71. The Morgan fingerprint density at radius 2 is 2.11 bits per heavy atom. The van der Waals surface area contributed by atoms with E-state index in [0.29, 0.717) is 5.82 Å². The third kappa shape index (κ3) is 2.53. The molecule has 2 heterocycles. The highest BCUT2D eigenvalue weighted by atomic mass is 79.9. The van der Waals surface area contributed by atoms with Gasteiger partial charge < -0.3 is 5.11 Å². The van der Waals surface area contributed by atoms with Gasteiger partial charge in [-0.2, -0.15) is 5.10 Å². The Morgan fingerprint density at radius 1 is 1.42 bits per heavy atom. The van der Waals surface area contributed by atoms with Crippen LogP contribution >= 0.6 is 15.9 Å². The molecule has 19 heavy (non-hydrogen) atoms. The molecule has 0 bridgehead atoms. The van der Waals surface area contributed by atoms with Crippen LogP contribution in [0.4, 0.5) is 0 Å². The molecule has 6 heteroatoms. The van der Waals surface area contributed by atoms with Gasteiger partial charge in [-0.05, 0) is 48.8 Å². The molecule has 1 unspecified atom stereocenters. The van der Waals surface area contributed by atoms with Crippen LogP contribution in [-0.4, -0.2) is 25.8 Å². The number of carboxylic acid groups (broad SMARTS) is 1. The number of aromatic nitrogens is 3. The summed E-state index contributed by atoms with van der Waals surface area (Å²) in [7, 11) is 0. The predicted molar refractivity (Wildman–Crippen MR) is 74.6 cm³/mol. The largest absolute Gasteiger partial charge is 0.481 e. The van der Waals surface area contributed by atoms with E-state index in [1.165, 1.54) is 0 Å². The van der Waals surface area contributed by atoms with Gasteiger partial charge in [0.15, 0.2) is 5.82 Å². The summed E-state index contributed by atoms with van der Waals surface area (Å²) in [5.74, 6) is -0.758. The monoisotopic (exact) mass is 323 g/mol. The quantitative estimate of drug-likeness (QED) is 0.943. The molecule has 2 aromatic heterocycles. The second kappa shape index (κ2) is 5.13. The number of nitrogens with zero attached hydrogens (tertiary/aromatic N) is 3. The van der Waals surface area contributed by atoms with E-state index in [-0.39, 0.29) is 0 Å². The minimum absolute atomic E-state index is 0.579. The van der Waals surface area contributed by atoms with Crippen LogP contribution in [0, 0.1) is 13.8 Å². The van der Waals surface area contributed by atoms with E-state index in [0.717, 1.165) is 21.4 Å². The Labute approximate surface area is 119 Å². The normalized spacial score (nSPS) is 12.4. The number of hydrogen-bond donors (Lipinski definition) is 1. The first-order chi connectivity index (χ1) is 8.91. The summed E-state index contributed by atoms with van der Waals surface area (Å²) in [5.41, 5.74) is 2.27. The fourth-order valence-electron chi connectivity index (χ4n) is 2.12. The second-order valence-electron chi connectivity index (χ2n) is 4.39. The molecule has 0 fully saturated rings. The molecule has 0 aliphatic carbocycles. The van der Waals surface area contributed by atoms with Crippen LogP contribution in [0.15, 0.2) is 22.8 Å². The average molecular weight is 324 g/mol. The van der Waals surface area contributed by atoms with E-state index in [2.05, 4.69) is 26.0 Å². The highest BCUT2D eigenvalue weighted by Crippen LogP contribution is 2.25. The minimum Gasteiger partial charge on any atom is -0.481 e. The summed E-state index contributed by atoms with van der Waals surface area (Å²) >= 11 is 3.33. The lowest BCUT2D eigenvalue weighted by Crippen LogP contribution is -2.10. The fraction of sp³-hybridized carbons (Fsp3) is 0.308. The van der Waals surface area contributed by atoms with Crippen molar-refractivity contribution in [1.29, 1.82) is 0 Å². The van der Waals surface area contributed by atoms with Crippen molar-refractivity contribution in [2.75, 3.05) is 0 Å². The van der Waals surface area contributed by atoms with Crippen LogP contribution in [0.1, 0.15) is 29.8 Å². The summed E-state index contributed by atoms with van der Waals surface area (Å²) < 4.78 is 2.56.